The summed E-state index contributed by atoms with van der Waals surface area (Å²) in [6.07, 6.45) is -2.04. The summed E-state index contributed by atoms with van der Waals surface area (Å²) in [7, 11) is 0. The second-order valence-corrected chi connectivity index (χ2v) is 6.00. The van der Waals surface area contributed by atoms with E-state index < -0.39 is 12.3 Å². The third kappa shape index (κ3) is 5.24. The van der Waals surface area contributed by atoms with Crippen LogP contribution in [0.3, 0.4) is 0 Å². The molecule has 0 unspecified atom stereocenters. The van der Waals surface area contributed by atoms with Gasteiger partial charge in [-0.05, 0) is 42.3 Å². The normalized spacial score (nSPS) is 11.7. The average molecular weight is 415 g/mol. The third-order valence-corrected chi connectivity index (χ3v) is 3.91. The molecule has 3 rings (SSSR count). The number of nitrogens with zero attached hydrogens (tertiary/aromatic N) is 5. The smallest absolute Gasteiger partial charge is 0.406 e. The summed E-state index contributed by atoms with van der Waals surface area (Å²) in [5.41, 5.74) is 9.20. The standard InChI is InChI=1S/C19H14F3N6O2/c1-12(10-17(29)25-27-23)13-2-4-14(5-3-13)18-24-11-28(26-18)15-6-8-16(9-7-15)30-19(20,21)22/h2-11,23H,1H3/q+1/b12-10+. The Morgan fingerprint density at radius 3 is 2.43 bits per heavy atom. The molecule has 1 heterocycles. The molecule has 0 aliphatic heterocycles. The van der Waals surface area contributed by atoms with E-state index in [9.17, 15) is 18.0 Å². The highest BCUT2D eigenvalue weighted by Gasteiger charge is 2.31. The van der Waals surface area contributed by atoms with E-state index in [1.807, 2.05) is 0 Å². The molecule has 0 saturated heterocycles. The number of alkyl halides is 3. The molecule has 11 heteroatoms. The highest BCUT2D eigenvalue weighted by Crippen LogP contribution is 2.24. The van der Waals surface area contributed by atoms with Crippen molar-refractivity contribution in [2.24, 2.45) is 5.11 Å². The topological polar surface area (TPSA) is 107 Å². The van der Waals surface area contributed by atoms with Gasteiger partial charge in [0.15, 0.2) is 5.82 Å². The van der Waals surface area contributed by atoms with Crippen molar-refractivity contribution in [3.05, 3.63) is 66.5 Å². The first-order chi connectivity index (χ1) is 14.2. The Kier molecular flexibility index (Phi) is 5.84. The van der Waals surface area contributed by atoms with Crippen LogP contribution >= 0.6 is 0 Å². The summed E-state index contributed by atoms with van der Waals surface area (Å²) in [6, 6.07) is 12.3. The number of aromatic nitrogens is 3. The number of benzene rings is 2. The lowest BCUT2D eigenvalue weighted by Crippen LogP contribution is -2.17. The van der Waals surface area contributed by atoms with Crippen LogP contribution in [0.1, 0.15) is 12.5 Å². The van der Waals surface area contributed by atoms with E-state index >= 15 is 0 Å². The molecule has 0 bridgehead atoms. The molecular weight excluding hydrogens is 401 g/mol. The molecule has 3 aromatic rings. The Bertz CT molecular complexity index is 1130. The second-order valence-electron chi connectivity index (χ2n) is 6.00. The van der Waals surface area contributed by atoms with Gasteiger partial charge in [-0.3, -0.25) is 4.79 Å². The lowest BCUT2D eigenvalue weighted by atomic mass is 10.0. The minimum absolute atomic E-state index is 0.326. The Morgan fingerprint density at radius 2 is 1.83 bits per heavy atom. The molecule has 152 valence electrons. The van der Waals surface area contributed by atoms with E-state index in [1.54, 1.807) is 31.2 Å². The van der Waals surface area contributed by atoms with Crippen molar-refractivity contribution in [2.45, 2.75) is 13.3 Å². The van der Waals surface area contributed by atoms with Crippen molar-refractivity contribution in [1.29, 1.82) is 5.53 Å². The zero-order valence-corrected chi connectivity index (χ0v) is 15.5. The maximum absolute atomic E-state index is 12.2. The van der Waals surface area contributed by atoms with E-state index in [1.165, 1.54) is 41.4 Å². The van der Waals surface area contributed by atoms with Crippen LogP contribution in [0, 0.1) is 5.53 Å². The van der Waals surface area contributed by atoms with Gasteiger partial charge in [0.2, 0.25) is 10.0 Å². The monoisotopic (exact) mass is 415 g/mol. The van der Waals surface area contributed by atoms with Gasteiger partial charge < -0.3 is 4.74 Å². The van der Waals surface area contributed by atoms with Crippen LogP contribution in [0.5, 0.6) is 5.75 Å². The number of hydrogen-bond donors (Lipinski definition) is 1. The van der Waals surface area contributed by atoms with Gasteiger partial charge in [0.1, 0.15) is 17.6 Å². The zero-order chi connectivity index (χ0) is 21.7. The number of ether oxygens (including phenoxy) is 1. The first-order valence-corrected chi connectivity index (χ1v) is 8.43. The van der Waals surface area contributed by atoms with Crippen molar-refractivity contribution >= 4 is 11.5 Å². The van der Waals surface area contributed by atoms with Crippen molar-refractivity contribution in [2.75, 3.05) is 0 Å². The number of halogens is 3. The highest BCUT2D eigenvalue weighted by molar-refractivity contribution is 5.95. The summed E-state index contributed by atoms with van der Waals surface area (Å²) in [5, 5.41) is 7.43. The third-order valence-electron chi connectivity index (χ3n) is 3.91. The minimum Gasteiger partial charge on any atom is -0.406 e. The van der Waals surface area contributed by atoms with Gasteiger partial charge in [-0.15, -0.1) is 18.3 Å². The summed E-state index contributed by atoms with van der Waals surface area (Å²) in [4.78, 5) is 18.3. The summed E-state index contributed by atoms with van der Waals surface area (Å²) < 4.78 is 42.0. The first kappa shape index (κ1) is 20.6. The first-order valence-electron chi connectivity index (χ1n) is 8.43. The number of hydrogen-bond acceptors (Lipinski definition) is 5. The fourth-order valence-corrected chi connectivity index (χ4v) is 2.55. The SMILES string of the molecule is C/C(=C\C(=O)N=[N+]=N)c1ccc(-c2ncn(-c3ccc(OC(F)(F)F)cc3)n2)cc1. The molecule has 2 aromatic carbocycles. The summed E-state index contributed by atoms with van der Waals surface area (Å²) in [5.74, 6) is -0.537. The lowest BCUT2D eigenvalue weighted by Gasteiger charge is -2.09. The van der Waals surface area contributed by atoms with Gasteiger partial charge >= 0.3 is 12.3 Å². The van der Waals surface area contributed by atoms with Gasteiger partial charge in [-0.2, -0.15) is 0 Å². The van der Waals surface area contributed by atoms with Crippen LogP contribution in [-0.4, -0.2) is 27.0 Å². The number of allylic oxidation sites excluding steroid dienone is 1. The number of rotatable bonds is 5. The van der Waals surface area contributed by atoms with Gasteiger partial charge in [0, 0.05) is 11.6 Å². The van der Waals surface area contributed by atoms with Gasteiger partial charge in [0.25, 0.3) is 0 Å². The van der Waals surface area contributed by atoms with Crippen LogP contribution in [0.4, 0.5) is 13.2 Å². The summed E-state index contributed by atoms with van der Waals surface area (Å²) in [6.45, 7) is 1.73. The highest BCUT2D eigenvalue weighted by atomic mass is 19.4. The molecule has 0 atom stereocenters. The van der Waals surface area contributed by atoms with Crippen molar-refractivity contribution < 1.29 is 22.7 Å². The quantitative estimate of drug-likeness (QED) is 0.380. The van der Waals surface area contributed by atoms with Crippen molar-refractivity contribution in [3.63, 3.8) is 0 Å². The number of amides is 1. The van der Waals surface area contributed by atoms with Crippen LogP contribution in [0.2, 0.25) is 0 Å². The van der Waals surface area contributed by atoms with Crippen molar-refractivity contribution in [1.82, 2.24) is 19.7 Å². The van der Waals surface area contributed by atoms with E-state index in [2.05, 4.69) is 24.8 Å². The van der Waals surface area contributed by atoms with E-state index in [-0.39, 0.29) is 5.75 Å². The molecule has 1 aromatic heterocycles. The van der Waals surface area contributed by atoms with Gasteiger partial charge in [-0.1, -0.05) is 24.3 Å². The van der Waals surface area contributed by atoms with Crippen LogP contribution in [0.15, 0.2) is 66.0 Å². The van der Waals surface area contributed by atoms with Crippen LogP contribution in [-0.2, 0) is 4.79 Å². The molecule has 0 spiro atoms. The van der Waals surface area contributed by atoms with E-state index in [0.29, 0.717) is 22.6 Å². The van der Waals surface area contributed by atoms with Gasteiger partial charge in [-0.25, -0.2) is 9.67 Å². The number of carbonyl (C=O) groups is 1. The fourth-order valence-electron chi connectivity index (χ4n) is 2.55. The minimum atomic E-state index is -4.75. The Hall–Kier alpha value is -4.11. The van der Waals surface area contributed by atoms with E-state index in [4.69, 9.17) is 5.53 Å². The molecule has 1 amide bonds. The molecule has 1 N–H and O–H groups in total. The molecule has 0 saturated carbocycles. The van der Waals surface area contributed by atoms with Crippen LogP contribution < -0.4 is 9.65 Å². The molecule has 30 heavy (non-hydrogen) atoms. The zero-order valence-electron chi connectivity index (χ0n) is 15.5. The van der Waals surface area contributed by atoms with Crippen LogP contribution in [0.25, 0.3) is 22.6 Å². The number of nitrogens with one attached hydrogen (secondary N) is 1. The van der Waals surface area contributed by atoms with Crippen molar-refractivity contribution in [3.8, 4) is 22.8 Å². The maximum atomic E-state index is 12.2. The second kappa shape index (κ2) is 8.50. The molecule has 0 radical (unpaired) electrons. The predicted molar refractivity (Wildman–Crippen MR) is 99.4 cm³/mol. The Balaban J connectivity index is 1.76. The maximum Gasteiger partial charge on any atom is 0.573 e. The lowest BCUT2D eigenvalue weighted by molar-refractivity contribution is -0.274. The van der Waals surface area contributed by atoms with E-state index in [0.717, 1.165) is 5.56 Å². The Morgan fingerprint density at radius 1 is 1.17 bits per heavy atom. The molecule has 0 aliphatic carbocycles. The fraction of sp³-hybridized carbons (Fsp3) is 0.105. The summed E-state index contributed by atoms with van der Waals surface area (Å²) >= 11 is 0. The molecule has 8 nitrogen and oxygen atoms in total. The molecule has 0 aliphatic rings. The predicted octanol–water partition coefficient (Wildman–Crippen LogP) is 4.31. The Labute approximate surface area is 167 Å². The largest absolute Gasteiger partial charge is 0.573 e. The molecular formula is C19H14F3N6O2+. The number of carbonyl (C=O) groups excluding carboxylic acids is 1. The molecule has 0 fully saturated rings. The average Bonchev–Trinajstić information content (AvgIpc) is 3.18. The van der Waals surface area contributed by atoms with Gasteiger partial charge in [0.05, 0.1) is 5.69 Å².